The van der Waals surface area contributed by atoms with E-state index >= 15 is 0 Å². The van der Waals surface area contributed by atoms with E-state index in [1.54, 1.807) is 24.1 Å². The molecule has 168 valence electrons. The molecule has 4 rings (SSSR count). The van der Waals surface area contributed by atoms with Crippen molar-refractivity contribution in [3.63, 3.8) is 0 Å². The summed E-state index contributed by atoms with van der Waals surface area (Å²) in [5.41, 5.74) is 3.32. The minimum absolute atomic E-state index is 0.00670. The highest BCUT2D eigenvalue weighted by Gasteiger charge is 2.49. The van der Waals surface area contributed by atoms with Gasteiger partial charge >= 0.3 is 0 Å². The van der Waals surface area contributed by atoms with Crippen molar-refractivity contribution < 1.29 is 19.4 Å². The Morgan fingerprint density at radius 3 is 2.28 bits per heavy atom. The van der Waals surface area contributed by atoms with E-state index in [-0.39, 0.29) is 17.4 Å². The SMILES string of the molecule is COc1ccc(/C(O)=C2/C(=O)C(=O)N(C3CCCC3)C2c2ccc(N(C)C)cc2)c(C)c1. The summed E-state index contributed by atoms with van der Waals surface area (Å²) in [6, 6.07) is 12.5. The third-order valence-electron chi connectivity index (χ3n) is 6.61. The van der Waals surface area contributed by atoms with Crippen LogP contribution < -0.4 is 9.64 Å². The molecule has 1 saturated carbocycles. The molecule has 6 heteroatoms. The van der Waals surface area contributed by atoms with Gasteiger partial charge in [-0.25, -0.2) is 0 Å². The first-order valence-corrected chi connectivity index (χ1v) is 11.1. The van der Waals surface area contributed by atoms with Gasteiger partial charge < -0.3 is 19.6 Å². The average Bonchev–Trinajstić information content (AvgIpc) is 3.40. The molecule has 1 aliphatic heterocycles. The molecule has 1 saturated heterocycles. The number of carbonyl (C=O) groups is 2. The maximum absolute atomic E-state index is 13.2. The van der Waals surface area contributed by atoms with E-state index in [1.165, 1.54) is 0 Å². The smallest absolute Gasteiger partial charge is 0.295 e. The molecule has 1 heterocycles. The van der Waals surface area contributed by atoms with E-state index in [0.717, 1.165) is 42.5 Å². The summed E-state index contributed by atoms with van der Waals surface area (Å²) in [5.74, 6) is -0.607. The normalized spacial score (nSPS) is 20.8. The molecule has 1 amide bonds. The van der Waals surface area contributed by atoms with E-state index in [0.29, 0.717) is 11.3 Å². The Balaban J connectivity index is 1.87. The first kappa shape index (κ1) is 21.9. The molecule has 2 fully saturated rings. The van der Waals surface area contributed by atoms with E-state index in [2.05, 4.69) is 0 Å². The zero-order chi connectivity index (χ0) is 23.0. The standard InChI is InChI=1S/C26H30N2O4/c1-16-15-20(32-4)13-14-21(16)24(29)22-23(17-9-11-18(12-10-17)27(2)3)28(26(31)25(22)30)19-7-5-6-8-19/h9-15,19,23,29H,5-8H2,1-4H3/b24-22-. The number of aliphatic hydroxyl groups excluding tert-OH is 1. The lowest BCUT2D eigenvalue weighted by Crippen LogP contribution is -2.37. The maximum atomic E-state index is 13.2. The van der Waals surface area contributed by atoms with Crippen molar-refractivity contribution in [2.75, 3.05) is 26.1 Å². The van der Waals surface area contributed by atoms with Gasteiger partial charge in [-0.05, 0) is 61.2 Å². The van der Waals surface area contributed by atoms with Crippen molar-refractivity contribution in [2.45, 2.75) is 44.7 Å². The van der Waals surface area contributed by atoms with Gasteiger partial charge in [-0.3, -0.25) is 9.59 Å². The maximum Gasteiger partial charge on any atom is 0.295 e. The fourth-order valence-corrected chi connectivity index (χ4v) is 4.87. The minimum atomic E-state index is -0.619. The molecular formula is C26H30N2O4. The van der Waals surface area contributed by atoms with Crippen molar-refractivity contribution in [1.29, 1.82) is 0 Å². The first-order chi connectivity index (χ1) is 15.3. The molecule has 0 spiro atoms. The summed E-state index contributed by atoms with van der Waals surface area (Å²) >= 11 is 0. The highest BCUT2D eigenvalue weighted by Crippen LogP contribution is 2.44. The van der Waals surface area contributed by atoms with Gasteiger partial charge in [0.1, 0.15) is 11.5 Å². The van der Waals surface area contributed by atoms with Gasteiger partial charge in [0, 0.05) is 31.4 Å². The fourth-order valence-electron chi connectivity index (χ4n) is 4.87. The van der Waals surface area contributed by atoms with E-state index < -0.39 is 17.7 Å². The zero-order valence-corrected chi connectivity index (χ0v) is 19.1. The Morgan fingerprint density at radius 2 is 1.72 bits per heavy atom. The van der Waals surface area contributed by atoms with E-state index in [4.69, 9.17) is 4.74 Å². The Hall–Kier alpha value is -3.28. The first-order valence-electron chi connectivity index (χ1n) is 11.1. The summed E-state index contributed by atoms with van der Waals surface area (Å²) in [6.07, 6.45) is 3.83. The van der Waals surface area contributed by atoms with Crippen molar-refractivity contribution >= 4 is 23.1 Å². The Bertz CT molecular complexity index is 1070. The molecule has 2 aromatic carbocycles. The number of nitrogens with zero attached hydrogens (tertiary/aromatic N) is 2. The summed E-state index contributed by atoms with van der Waals surface area (Å²) in [6.45, 7) is 1.85. The van der Waals surface area contributed by atoms with Crippen LogP contribution in [0.5, 0.6) is 5.75 Å². The lowest BCUT2D eigenvalue weighted by molar-refractivity contribution is -0.141. The third kappa shape index (κ3) is 3.74. The lowest BCUT2D eigenvalue weighted by Gasteiger charge is -2.31. The topological polar surface area (TPSA) is 70.1 Å². The number of carbonyl (C=O) groups excluding carboxylic acids is 2. The number of rotatable bonds is 5. The average molecular weight is 435 g/mol. The van der Waals surface area contributed by atoms with Crippen molar-refractivity contribution in [2.24, 2.45) is 0 Å². The highest BCUT2D eigenvalue weighted by atomic mass is 16.5. The van der Waals surface area contributed by atoms with Crippen LogP contribution >= 0.6 is 0 Å². The van der Waals surface area contributed by atoms with Crippen molar-refractivity contribution in [1.82, 2.24) is 4.90 Å². The molecule has 1 N–H and O–H groups in total. The molecule has 32 heavy (non-hydrogen) atoms. The summed E-state index contributed by atoms with van der Waals surface area (Å²) in [4.78, 5) is 30.1. The monoisotopic (exact) mass is 434 g/mol. The van der Waals surface area contributed by atoms with Crippen molar-refractivity contribution in [3.05, 3.63) is 64.7 Å². The van der Waals surface area contributed by atoms with Gasteiger partial charge in [-0.15, -0.1) is 0 Å². The Labute approximate surface area is 189 Å². The predicted octanol–water partition coefficient (Wildman–Crippen LogP) is 4.43. The molecule has 6 nitrogen and oxygen atoms in total. The lowest BCUT2D eigenvalue weighted by atomic mass is 9.93. The number of ketones is 1. The van der Waals surface area contributed by atoms with Crippen LogP contribution in [-0.2, 0) is 9.59 Å². The van der Waals surface area contributed by atoms with Crippen LogP contribution in [-0.4, -0.2) is 48.9 Å². The van der Waals surface area contributed by atoms with E-state index in [9.17, 15) is 14.7 Å². The Morgan fingerprint density at radius 1 is 1.06 bits per heavy atom. The number of likely N-dealkylation sites (tertiary alicyclic amines) is 1. The third-order valence-corrected chi connectivity index (χ3v) is 6.61. The van der Waals surface area contributed by atoms with Gasteiger partial charge in [-0.1, -0.05) is 25.0 Å². The second-order valence-corrected chi connectivity index (χ2v) is 8.81. The predicted molar refractivity (Wildman–Crippen MR) is 125 cm³/mol. The number of benzene rings is 2. The quantitative estimate of drug-likeness (QED) is 0.428. The molecule has 1 aliphatic carbocycles. The Kier molecular flexibility index (Phi) is 5.96. The molecule has 2 aliphatic rings. The van der Waals surface area contributed by atoms with Crippen LogP contribution in [0.1, 0.15) is 48.4 Å². The molecule has 0 aromatic heterocycles. The van der Waals surface area contributed by atoms with Gasteiger partial charge in [0.15, 0.2) is 0 Å². The van der Waals surface area contributed by atoms with Crippen LogP contribution in [0.25, 0.3) is 5.76 Å². The number of hydrogen-bond donors (Lipinski definition) is 1. The summed E-state index contributed by atoms with van der Waals surface area (Å²) in [5, 5.41) is 11.3. The second-order valence-electron chi connectivity index (χ2n) is 8.81. The molecule has 0 radical (unpaired) electrons. The van der Waals surface area contributed by atoms with Gasteiger partial charge in [-0.2, -0.15) is 0 Å². The van der Waals surface area contributed by atoms with Crippen LogP contribution in [0, 0.1) is 6.92 Å². The number of methoxy groups -OCH3 is 1. The largest absolute Gasteiger partial charge is 0.507 e. The molecular weight excluding hydrogens is 404 g/mol. The van der Waals surface area contributed by atoms with E-state index in [1.807, 2.05) is 56.3 Å². The number of aryl methyl sites for hydroxylation is 1. The number of ether oxygens (including phenoxy) is 1. The van der Waals surface area contributed by atoms with Crippen LogP contribution in [0.3, 0.4) is 0 Å². The highest BCUT2D eigenvalue weighted by molar-refractivity contribution is 6.46. The molecule has 2 aromatic rings. The van der Waals surface area contributed by atoms with Crippen LogP contribution in [0.2, 0.25) is 0 Å². The number of aliphatic hydroxyl groups is 1. The zero-order valence-electron chi connectivity index (χ0n) is 19.1. The fraction of sp³-hybridized carbons (Fsp3) is 0.385. The number of anilines is 1. The second kappa shape index (κ2) is 8.69. The number of hydrogen-bond acceptors (Lipinski definition) is 5. The molecule has 0 bridgehead atoms. The molecule has 1 unspecified atom stereocenters. The number of amides is 1. The van der Waals surface area contributed by atoms with Crippen LogP contribution in [0.15, 0.2) is 48.0 Å². The summed E-state index contributed by atoms with van der Waals surface area (Å²) in [7, 11) is 5.51. The number of Topliss-reactive ketones (excluding diaryl/α,β-unsaturated/α-hetero) is 1. The van der Waals surface area contributed by atoms with Gasteiger partial charge in [0.2, 0.25) is 0 Å². The minimum Gasteiger partial charge on any atom is -0.507 e. The molecule has 1 atom stereocenters. The van der Waals surface area contributed by atoms with Crippen LogP contribution in [0.4, 0.5) is 5.69 Å². The summed E-state index contributed by atoms with van der Waals surface area (Å²) < 4.78 is 5.27. The van der Waals surface area contributed by atoms with Crippen molar-refractivity contribution in [3.8, 4) is 5.75 Å². The van der Waals surface area contributed by atoms with Gasteiger partial charge in [0.25, 0.3) is 11.7 Å². The van der Waals surface area contributed by atoms with Gasteiger partial charge in [0.05, 0.1) is 18.7 Å².